The Morgan fingerprint density at radius 2 is 2.30 bits per heavy atom. The van der Waals surface area contributed by atoms with Crippen molar-refractivity contribution in [3.05, 3.63) is 29.6 Å². The lowest BCUT2D eigenvalue weighted by molar-refractivity contribution is -0.123. The molecule has 0 saturated heterocycles. The molecule has 5 nitrogen and oxygen atoms in total. The summed E-state index contributed by atoms with van der Waals surface area (Å²) in [5.74, 6) is 2.66. The van der Waals surface area contributed by atoms with Gasteiger partial charge in [0.1, 0.15) is 5.54 Å². The molecule has 1 aromatic heterocycles. The Balaban J connectivity index is 1.97. The molecule has 0 bridgehead atoms. The van der Waals surface area contributed by atoms with Gasteiger partial charge in [0.05, 0.1) is 24.9 Å². The van der Waals surface area contributed by atoms with Crippen molar-refractivity contribution in [2.75, 3.05) is 13.1 Å². The van der Waals surface area contributed by atoms with Crippen molar-refractivity contribution < 1.29 is 4.79 Å². The molecular formula is C18H22N4O. The minimum absolute atomic E-state index is 0.157. The van der Waals surface area contributed by atoms with Crippen LogP contribution in [0, 0.1) is 36.5 Å². The van der Waals surface area contributed by atoms with Gasteiger partial charge in [-0.2, -0.15) is 5.26 Å². The van der Waals surface area contributed by atoms with Crippen molar-refractivity contribution in [1.29, 1.82) is 5.26 Å². The van der Waals surface area contributed by atoms with E-state index in [1.165, 1.54) is 0 Å². The van der Waals surface area contributed by atoms with Crippen molar-refractivity contribution in [2.24, 2.45) is 5.92 Å². The van der Waals surface area contributed by atoms with Crippen LogP contribution in [0.25, 0.3) is 0 Å². The number of pyridine rings is 1. The minimum atomic E-state index is -0.777. The first-order valence-electron chi connectivity index (χ1n) is 7.77. The molecule has 0 aliphatic heterocycles. The molecule has 1 amide bonds. The van der Waals surface area contributed by atoms with Gasteiger partial charge < -0.3 is 5.32 Å². The summed E-state index contributed by atoms with van der Waals surface area (Å²) in [5.41, 5.74) is 1.03. The number of carbonyl (C=O) groups is 1. The highest BCUT2D eigenvalue weighted by atomic mass is 16.2. The summed E-state index contributed by atoms with van der Waals surface area (Å²) < 4.78 is 0. The van der Waals surface area contributed by atoms with Gasteiger partial charge in [0.15, 0.2) is 0 Å². The van der Waals surface area contributed by atoms with Crippen molar-refractivity contribution in [3.63, 3.8) is 0 Å². The zero-order valence-corrected chi connectivity index (χ0v) is 13.7. The van der Waals surface area contributed by atoms with Gasteiger partial charge in [-0.1, -0.05) is 12.0 Å². The first-order valence-corrected chi connectivity index (χ1v) is 7.77. The Labute approximate surface area is 137 Å². The van der Waals surface area contributed by atoms with Crippen molar-refractivity contribution in [1.82, 2.24) is 15.2 Å². The van der Waals surface area contributed by atoms with E-state index >= 15 is 0 Å². The molecule has 1 saturated carbocycles. The predicted octanol–water partition coefficient (Wildman–Crippen LogP) is 1.63. The number of hydrogen-bond donors (Lipinski definition) is 1. The summed E-state index contributed by atoms with van der Waals surface area (Å²) in [6, 6.07) is 8.01. The van der Waals surface area contributed by atoms with E-state index in [1.54, 1.807) is 6.92 Å². The number of terminal acetylenes is 1. The van der Waals surface area contributed by atoms with E-state index in [0.717, 1.165) is 24.2 Å². The van der Waals surface area contributed by atoms with Crippen LogP contribution in [-0.2, 0) is 11.3 Å². The van der Waals surface area contributed by atoms with Gasteiger partial charge in [0, 0.05) is 12.2 Å². The molecule has 1 aromatic rings. The summed E-state index contributed by atoms with van der Waals surface area (Å²) in [6.45, 7) is 4.73. The van der Waals surface area contributed by atoms with Gasteiger partial charge in [-0.15, -0.1) is 6.42 Å². The summed E-state index contributed by atoms with van der Waals surface area (Å²) in [6.07, 6.45) is 7.39. The highest BCUT2D eigenvalue weighted by molar-refractivity contribution is 5.79. The average Bonchev–Trinajstić information content (AvgIpc) is 3.32. The summed E-state index contributed by atoms with van der Waals surface area (Å²) in [7, 11) is 0. The number of hydrogen-bond acceptors (Lipinski definition) is 4. The molecule has 1 N–H and O–H groups in total. The third-order valence-corrected chi connectivity index (χ3v) is 4.04. The Morgan fingerprint density at radius 3 is 2.87 bits per heavy atom. The number of amides is 1. The zero-order valence-electron chi connectivity index (χ0n) is 13.7. The van der Waals surface area contributed by atoms with Crippen LogP contribution < -0.4 is 5.32 Å². The van der Waals surface area contributed by atoms with Gasteiger partial charge in [-0.25, -0.2) is 0 Å². The summed E-state index contributed by atoms with van der Waals surface area (Å²) in [5, 5.41) is 12.2. The lowest BCUT2D eigenvalue weighted by atomic mass is 9.98. The predicted molar refractivity (Wildman–Crippen MR) is 88.0 cm³/mol. The molecule has 1 atom stereocenters. The fourth-order valence-electron chi connectivity index (χ4n) is 2.63. The Hall–Kier alpha value is -2.37. The summed E-state index contributed by atoms with van der Waals surface area (Å²) >= 11 is 0. The molecule has 120 valence electrons. The molecule has 1 fully saturated rings. The van der Waals surface area contributed by atoms with Crippen molar-refractivity contribution >= 4 is 5.91 Å². The van der Waals surface area contributed by atoms with E-state index in [9.17, 15) is 10.1 Å². The molecule has 23 heavy (non-hydrogen) atoms. The molecular weight excluding hydrogens is 288 g/mol. The highest BCUT2D eigenvalue weighted by Gasteiger charge is 2.43. The largest absolute Gasteiger partial charge is 0.337 e. The maximum atomic E-state index is 12.3. The normalized spacial score (nSPS) is 16.2. The van der Waals surface area contributed by atoms with E-state index in [0.29, 0.717) is 13.1 Å². The number of aryl methyl sites for hydroxylation is 1. The van der Waals surface area contributed by atoms with Gasteiger partial charge in [0.2, 0.25) is 5.91 Å². The first kappa shape index (κ1) is 17.0. The van der Waals surface area contributed by atoms with Crippen molar-refractivity contribution in [3.8, 4) is 18.4 Å². The first-order chi connectivity index (χ1) is 11.0. The lowest BCUT2D eigenvalue weighted by Crippen LogP contribution is -2.50. The quantitative estimate of drug-likeness (QED) is 0.777. The Kier molecular flexibility index (Phi) is 5.36. The van der Waals surface area contributed by atoms with E-state index in [4.69, 9.17) is 6.42 Å². The van der Waals surface area contributed by atoms with Crippen LogP contribution in [0.3, 0.4) is 0 Å². The summed E-state index contributed by atoms with van der Waals surface area (Å²) in [4.78, 5) is 18.6. The topological polar surface area (TPSA) is 69.0 Å². The lowest BCUT2D eigenvalue weighted by Gasteiger charge is -2.25. The molecule has 5 heteroatoms. The second kappa shape index (κ2) is 7.26. The number of nitrogens with zero attached hydrogens (tertiary/aromatic N) is 3. The number of nitriles is 1. The molecule has 1 aliphatic carbocycles. The van der Waals surface area contributed by atoms with Crippen LogP contribution in [0.5, 0.6) is 0 Å². The van der Waals surface area contributed by atoms with Gasteiger partial charge in [-0.3, -0.25) is 14.7 Å². The highest BCUT2D eigenvalue weighted by Crippen LogP contribution is 2.39. The van der Waals surface area contributed by atoms with Crippen LogP contribution in [0.4, 0.5) is 0 Å². The monoisotopic (exact) mass is 310 g/mol. The van der Waals surface area contributed by atoms with Gasteiger partial charge in [-0.05, 0) is 44.7 Å². The molecule has 2 rings (SSSR count). The SMILES string of the molecule is C#CCN(CC(=O)N[C@](C)(C#N)C1CC1)Cc1cccc(C)n1. The van der Waals surface area contributed by atoms with Crippen LogP contribution in [0.1, 0.15) is 31.2 Å². The fraction of sp³-hybridized carbons (Fsp3) is 0.500. The Bertz CT molecular complexity index is 654. The molecule has 0 aromatic carbocycles. The molecule has 0 unspecified atom stereocenters. The second-order valence-corrected chi connectivity index (χ2v) is 6.26. The fourth-order valence-corrected chi connectivity index (χ4v) is 2.63. The van der Waals surface area contributed by atoms with Crippen LogP contribution in [-0.4, -0.2) is 34.4 Å². The second-order valence-electron chi connectivity index (χ2n) is 6.26. The number of rotatable bonds is 7. The molecule has 1 heterocycles. The number of carbonyl (C=O) groups excluding carboxylic acids is 1. The minimum Gasteiger partial charge on any atom is -0.337 e. The molecule has 1 aliphatic rings. The third kappa shape index (κ3) is 4.81. The maximum Gasteiger partial charge on any atom is 0.235 e. The van der Waals surface area contributed by atoms with Crippen LogP contribution in [0.15, 0.2) is 18.2 Å². The van der Waals surface area contributed by atoms with Crippen molar-refractivity contribution in [2.45, 2.75) is 38.8 Å². The van der Waals surface area contributed by atoms with E-state index in [2.05, 4.69) is 22.3 Å². The van der Waals surface area contributed by atoms with Gasteiger partial charge in [0.25, 0.3) is 0 Å². The van der Waals surface area contributed by atoms with E-state index in [1.807, 2.05) is 30.0 Å². The van der Waals surface area contributed by atoms with Gasteiger partial charge >= 0.3 is 0 Å². The molecule has 0 radical (unpaired) electrons. The molecule has 0 spiro atoms. The average molecular weight is 310 g/mol. The van der Waals surface area contributed by atoms with E-state index in [-0.39, 0.29) is 18.4 Å². The standard InChI is InChI=1S/C18H22N4O/c1-4-10-22(11-16-7-5-6-14(2)20-16)12-17(23)21-18(3,13-19)15-8-9-15/h1,5-7,15H,8-12H2,2-3H3,(H,21,23)/t18-/m1/s1. The van der Waals surface area contributed by atoms with E-state index < -0.39 is 5.54 Å². The Morgan fingerprint density at radius 1 is 1.57 bits per heavy atom. The smallest absolute Gasteiger partial charge is 0.235 e. The third-order valence-electron chi connectivity index (χ3n) is 4.04. The number of nitrogens with one attached hydrogen (secondary N) is 1. The maximum absolute atomic E-state index is 12.3. The zero-order chi connectivity index (χ0) is 16.9. The van der Waals surface area contributed by atoms with Crippen LogP contribution >= 0.6 is 0 Å². The van der Waals surface area contributed by atoms with Crippen LogP contribution in [0.2, 0.25) is 0 Å². The number of aromatic nitrogens is 1.